The molecule has 0 atom stereocenters. The highest BCUT2D eigenvalue weighted by Gasteiger charge is 2.41. The van der Waals surface area contributed by atoms with E-state index in [1.54, 1.807) is 30.6 Å². The Kier molecular flexibility index (Phi) is 6.04. The summed E-state index contributed by atoms with van der Waals surface area (Å²) < 4.78 is 40.8. The molecule has 162 valence electrons. The van der Waals surface area contributed by atoms with E-state index in [0.29, 0.717) is 17.0 Å². The van der Waals surface area contributed by atoms with E-state index in [1.807, 2.05) is 12.1 Å². The molecule has 31 heavy (non-hydrogen) atoms. The van der Waals surface area contributed by atoms with Crippen molar-refractivity contribution in [3.05, 3.63) is 65.1 Å². The highest BCUT2D eigenvalue weighted by molar-refractivity contribution is 7.17. The number of aromatic nitrogens is 3. The molecular weight excluding hydrogens is 425 g/mol. The molecule has 0 unspecified atom stereocenters. The van der Waals surface area contributed by atoms with Gasteiger partial charge in [-0.25, -0.2) is 4.98 Å². The lowest BCUT2D eigenvalue weighted by Gasteiger charge is -2.37. The van der Waals surface area contributed by atoms with Crippen molar-refractivity contribution in [3.63, 3.8) is 0 Å². The Bertz CT molecular complexity index is 1030. The number of thiazole rings is 1. The number of carbonyl (C=O) groups excluding carboxylic acids is 1. The van der Waals surface area contributed by atoms with Crippen LogP contribution in [-0.2, 0) is 11.6 Å². The number of pyridine rings is 2. The van der Waals surface area contributed by atoms with Gasteiger partial charge in [-0.05, 0) is 36.6 Å². The van der Waals surface area contributed by atoms with Gasteiger partial charge in [-0.15, -0.1) is 11.3 Å². The lowest BCUT2D eigenvalue weighted by Crippen LogP contribution is -2.42. The molecule has 0 spiro atoms. The molecule has 0 bridgehead atoms. The van der Waals surface area contributed by atoms with Crippen LogP contribution in [0.15, 0.2) is 48.9 Å². The second-order valence-electron chi connectivity index (χ2n) is 7.67. The lowest BCUT2D eigenvalue weighted by molar-refractivity contribution is -0.141. The second-order valence-corrected chi connectivity index (χ2v) is 8.67. The van der Waals surface area contributed by atoms with E-state index >= 15 is 0 Å². The van der Waals surface area contributed by atoms with Crippen molar-refractivity contribution in [1.82, 2.24) is 20.3 Å². The van der Waals surface area contributed by atoms with Crippen LogP contribution in [0.25, 0.3) is 10.7 Å². The molecule has 1 amide bonds. The van der Waals surface area contributed by atoms with Crippen molar-refractivity contribution in [3.8, 4) is 10.7 Å². The zero-order chi connectivity index (χ0) is 21.9. The standard InChI is InChI=1S/C22H21F3N4OS/c23-22(24,25)18-17(31-20(29-18)16-8-2-5-12-27-16)19(30)28-14-21(9-3-1-4-10-21)15-7-6-11-26-13-15/h2,5-8,11-13H,1,3-4,9-10,14H2,(H,28,30). The monoisotopic (exact) mass is 446 g/mol. The van der Waals surface area contributed by atoms with Gasteiger partial charge in [0.15, 0.2) is 5.69 Å². The maximum absolute atomic E-state index is 13.6. The normalized spacial score (nSPS) is 16.1. The molecular formula is C22H21F3N4OS. The minimum absolute atomic E-state index is 0.0673. The fraction of sp³-hybridized carbons (Fsp3) is 0.364. The van der Waals surface area contributed by atoms with Crippen molar-refractivity contribution in [2.45, 2.75) is 43.7 Å². The van der Waals surface area contributed by atoms with Crippen LogP contribution >= 0.6 is 11.3 Å². The molecule has 0 aromatic carbocycles. The first-order chi connectivity index (χ1) is 14.9. The Balaban J connectivity index is 1.61. The molecule has 1 N–H and O–H groups in total. The van der Waals surface area contributed by atoms with Crippen LogP contribution in [0.4, 0.5) is 13.2 Å². The van der Waals surface area contributed by atoms with Crippen LogP contribution in [0, 0.1) is 0 Å². The van der Waals surface area contributed by atoms with E-state index < -0.39 is 22.7 Å². The summed E-state index contributed by atoms with van der Waals surface area (Å²) in [4.78, 5) is 24.4. The quantitative estimate of drug-likeness (QED) is 0.581. The van der Waals surface area contributed by atoms with Gasteiger partial charge in [0.2, 0.25) is 0 Å². The third-order valence-electron chi connectivity index (χ3n) is 5.66. The third-order valence-corrected chi connectivity index (χ3v) is 6.73. The summed E-state index contributed by atoms with van der Waals surface area (Å²) in [6.07, 6.45) is 5.03. The molecule has 0 radical (unpaired) electrons. The van der Waals surface area contributed by atoms with Gasteiger partial charge in [-0.3, -0.25) is 14.8 Å². The van der Waals surface area contributed by atoms with Gasteiger partial charge >= 0.3 is 6.18 Å². The first kappa shape index (κ1) is 21.4. The molecule has 3 heterocycles. The van der Waals surface area contributed by atoms with Gasteiger partial charge in [0.25, 0.3) is 5.91 Å². The van der Waals surface area contributed by atoms with Crippen LogP contribution < -0.4 is 5.32 Å². The smallest absolute Gasteiger partial charge is 0.350 e. The van der Waals surface area contributed by atoms with E-state index in [1.165, 1.54) is 6.20 Å². The summed E-state index contributed by atoms with van der Waals surface area (Å²) in [6.45, 7) is 0.256. The number of nitrogens with zero attached hydrogens (tertiary/aromatic N) is 3. The molecule has 0 aliphatic heterocycles. The first-order valence-electron chi connectivity index (χ1n) is 10.1. The van der Waals surface area contributed by atoms with Gasteiger partial charge in [-0.2, -0.15) is 13.2 Å². The van der Waals surface area contributed by atoms with Crippen molar-refractivity contribution in [1.29, 1.82) is 0 Å². The van der Waals surface area contributed by atoms with Gasteiger partial charge in [0, 0.05) is 30.6 Å². The molecule has 1 aliphatic rings. The first-order valence-corrected chi connectivity index (χ1v) is 10.9. The number of amides is 1. The number of rotatable bonds is 5. The number of nitrogens with one attached hydrogen (secondary N) is 1. The molecule has 3 aromatic rings. The average Bonchev–Trinajstić information content (AvgIpc) is 3.26. The van der Waals surface area contributed by atoms with Gasteiger partial charge in [-0.1, -0.05) is 31.4 Å². The summed E-state index contributed by atoms with van der Waals surface area (Å²) in [5.74, 6) is -0.763. The highest BCUT2D eigenvalue weighted by Crippen LogP contribution is 2.40. The number of halogens is 3. The fourth-order valence-electron chi connectivity index (χ4n) is 4.07. The van der Waals surface area contributed by atoms with E-state index in [0.717, 1.165) is 37.7 Å². The van der Waals surface area contributed by atoms with E-state index in [2.05, 4.69) is 20.3 Å². The Morgan fingerprint density at radius 3 is 2.55 bits per heavy atom. The molecule has 1 aliphatic carbocycles. The number of hydrogen-bond acceptors (Lipinski definition) is 5. The number of alkyl halides is 3. The third kappa shape index (κ3) is 4.61. The van der Waals surface area contributed by atoms with Crippen LogP contribution in [0.2, 0.25) is 0 Å². The number of hydrogen-bond donors (Lipinski definition) is 1. The van der Waals surface area contributed by atoms with Crippen LogP contribution in [0.3, 0.4) is 0 Å². The molecule has 5 nitrogen and oxygen atoms in total. The summed E-state index contributed by atoms with van der Waals surface area (Å²) in [6, 6.07) is 8.71. The van der Waals surface area contributed by atoms with Crippen LogP contribution in [0.5, 0.6) is 0 Å². The molecule has 9 heteroatoms. The maximum Gasteiger partial charge on any atom is 0.435 e. The Hall–Kier alpha value is -2.81. The van der Waals surface area contributed by atoms with Crippen molar-refractivity contribution in [2.75, 3.05) is 6.54 Å². The van der Waals surface area contributed by atoms with E-state index in [9.17, 15) is 18.0 Å². The fourth-order valence-corrected chi connectivity index (χ4v) is 5.05. The summed E-state index contributed by atoms with van der Waals surface area (Å²) in [7, 11) is 0. The van der Waals surface area contributed by atoms with E-state index in [4.69, 9.17) is 0 Å². The van der Waals surface area contributed by atoms with Crippen LogP contribution in [-0.4, -0.2) is 27.4 Å². The molecule has 1 saturated carbocycles. The van der Waals surface area contributed by atoms with Gasteiger partial charge < -0.3 is 5.32 Å². The lowest BCUT2D eigenvalue weighted by atomic mass is 9.70. The molecule has 1 fully saturated rings. The maximum atomic E-state index is 13.6. The largest absolute Gasteiger partial charge is 0.435 e. The zero-order valence-electron chi connectivity index (χ0n) is 16.7. The SMILES string of the molecule is O=C(NCC1(c2cccnc2)CCCCC1)c1sc(-c2ccccn2)nc1C(F)(F)F. The predicted molar refractivity (Wildman–Crippen MR) is 112 cm³/mol. The average molecular weight is 446 g/mol. The summed E-state index contributed by atoms with van der Waals surface area (Å²) in [5.41, 5.74) is -0.190. The van der Waals surface area contributed by atoms with Gasteiger partial charge in [0.05, 0.1) is 5.69 Å². The summed E-state index contributed by atoms with van der Waals surface area (Å²) in [5, 5.41) is 2.84. The molecule has 0 saturated heterocycles. The highest BCUT2D eigenvalue weighted by atomic mass is 32.1. The van der Waals surface area contributed by atoms with E-state index in [-0.39, 0.29) is 17.0 Å². The number of carbonyl (C=O) groups is 1. The van der Waals surface area contributed by atoms with Gasteiger partial charge in [0.1, 0.15) is 9.88 Å². The summed E-state index contributed by atoms with van der Waals surface area (Å²) >= 11 is 0.711. The molecule has 3 aromatic heterocycles. The Morgan fingerprint density at radius 2 is 1.90 bits per heavy atom. The van der Waals surface area contributed by atoms with Crippen molar-refractivity contribution in [2.24, 2.45) is 0 Å². The minimum atomic E-state index is -4.73. The van der Waals surface area contributed by atoms with Crippen molar-refractivity contribution < 1.29 is 18.0 Å². The molecule has 4 rings (SSSR count). The topological polar surface area (TPSA) is 67.8 Å². The van der Waals surface area contributed by atoms with Crippen molar-refractivity contribution >= 4 is 17.2 Å². The zero-order valence-corrected chi connectivity index (χ0v) is 17.5. The van der Waals surface area contributed by atoms with Crippen LogP contribution in [0.1, 0.15) is 53.0 Å². The Labute approximate surface area is 181 Å². The minimum Gasteiger partial charge on any atom is -0.350 e. The Morgan fingerprint density at radius 1 is 1.10 bits per heavy atom. The predicted octanol–water partition coefficient (Wildman–Crippen LogP) is 5.25. The second kappa shape index (κ2) is 8.74.